The second kappa shape index (κ2) is 15.2. The molecule has 0 unspecified atom stereocenters. The van der Waals surface area contributed by atoms with E-state index in [0.717, 1.165) is 16.6 Å². The standard InChI is InChI=1S/C41H49N5O12/c1-4-28-24-6-9-43-27(24)17-45(28)36-37-23(13-25-30(48)11-21(2)56-38(25)36)14-33(40(3,57-37)8-5-22-12-34(51)44-16-22)58-55-19-32(50)41(54,39(53)31(49)18-47)20-46-29-7-10-42-26(29)15-35(46)52/h6-7,9-11,13,15,17,22,31-33,39,42-43,47,49-50,52-54H,4-5,8,12,14,16,18-20H2,1-3H3,(H,44,51)/t22-,31-,32+,33-,39-,40-,41-/m1/s1. The van der Waals surface area contributed by atoms with E-state index in [9.17, 15) is 40.2 Å². The molecular formula is C41H49N5O12. The number of nitrogens with one attached hydrogen (secondary N) is 3. The van der Waals surface area contributed by atoms with Gasteiger partial charge in [0.2, 0.25) is 5.91 Å². The number of fused-ring (bicyclic) bond motifs is 4. The summed E-state index contributed by atoms with van der Waals surface area (Å²) in [4.78, 5) is 43.7. The van der Waals surface area contributed by atoms with E-state index in [1.807, 2.05) is 36.9 Å². The molecule has 310 valence electrons. The average molecular weight is 804 g/mol. The molecule has 6 aromatic rings. The molecule has 0 aliphatic carbocycles. The highest BCUT2D eigenvalue weighted by atomic mass is 17.2. The first-order chi connectivity index (χ1) is 27.7. The van der Waals surface area contributed by atoms with Crippen LogP contribution in [0.25, 0.3) is 38.6 Å². The first-order valence-electron chi connectivity index (χ1n) is 19.5. The summed E-state index contributed by atoms with van der Waals surface area (Å²) in [7, 11) is 0. The Morgan fingerprint density at radius 1 is 1.07 bits per heavy atom. The maximum atomic E-state index is 13.6. The van der Waals surface area contributed by atoms with Crippen molar-refractivity contribution in [3.05, 3.63) is 76.2 Å². The first-order valence-corrected chi connectivity index (χ1v) is 19.5. The number of aryl methyl sites for hydroxylation is 2. The van der Waals surface area contributed by atoms with Gasteiger partial charge in [0.1, 0.15) is 53.7 Å². The Hall–Kier alpha value is -5.14. The normalized spacial score (nSPS) is 22.2. The Morgan fingerprint density at radius 2 is 1.84 bits per heavy atom. The van der Waals surface area contributed by atoms with Crippen LogP contribution < -0.4 is 15.5 Å². The van der Waals surface area contributed by atoms with Gasteiger partial charge in [0.05, 0.1) is 35.1 Å². The zero-order chi connectivity index (χ0) is 41.1. The molecule has 9 N–H and O–H groups in total. The van der Waals surface area contributed by atoms with Crippen LogP contribution in [-0.2, 0) is 34.0 Å². The number of amides is 1. The highest BCUT2D eigenvalue weighted by molar-refractivity contribution is 5.92. The number of ether oxygens (including phenoxy) is 1. The third-order valence-electron chi connectivity index (χ3n) is 12.0. The average Bonchev–Trinajstić information content (AvgIpc) is 4.03. The van der Waals surface area contributed by atoms with Crippen LogP contribution in [0.1, 0.15) is 50.1 Å². The highest BCUT2D eigenvalue weighted by Crippen LogP contribution is 2.46. The molecule has 1 aromatic carbocycles. The summed E-state index contributed by atoms with van der Waals surface area (Å²) in [5.74, 6) is 0.631. The third kappa shape index (κ3) is 6.85. The van der Waals surface area contributed by atoms with Gasteiger partial charge in [0.25, 0.3) is 0 Å². The summed E-state index contributed by atoms with van der Waals surface area (Å²) >= 11 is 0. The number of H-pyrrole nitrogens is 2. The van der Waals surface area contributed by atoms with Crippen molar-refractivity contribution in [2.45, 2.75) is 95.0 Å². The van der Waals surface area contributed by atoms with Crippen LogP contribution in [0.5, 0.6) is 11.6 Å². The van der Waals surface area contributed by atoms with Gasteiger partial charge in [-0.15, -0.1) is 0 Å². The number of aliphatic hydroxyl groups is 5. The van der Waals surface area contributed by atoms with Gasteiger partial charge in [-0.3, -0.25) is 9.59 Å². The minimum absolute atomic E-state index is 0.0313. The van der Waals surface area contributed by atoms with E-state index >= 15 is 0 Å². The van der Waals surface area contributed by atoms with Crippen LogP contribution >= 0.6 is 0 Å². The van der Waals surface area contributed by atoms with Crippen LogP contribution in [-0.4, -0.2) is 111 Å². The molecule has 1 amide bonds. The van der Waals surface area contributed by atoms with Gasteiger partial charge in [-0.1, -0.05) is 6.92 Å². The fourth-order valence-electron chi connectivity index (χ4n) is 8.61. The number of rotatable bonds is 15. The van der Waals surface area contributed by atoms with Crippen molar-refractivity contribution in [2.75, 3.05) is 19.8 Å². The van der Waals surface area contributed by atoms with Crippen molar-refractivity contribution < 1.29 is 54.4 Å². The van der Waals surface area contributed by atoms with Crippen LogP contribution in [0.4, 0.5) is 0 Å². The van der Waals surface area contributed by atoms with Crippen molar-refractivity contribution >= 4 is 38.8 Å². The minimum atomic E-state index is -2.58. The topological polar surface area (TPSA) is 250 Å². The van der Waals surface area contributed by atoms with E-state index in [4.69, 9.17) is 18.9 Å². The molecule has 5 aromatic heterocycles. The van der Waals surface area contributed by atoms with Gasteiger partial charge in [-0.05, 0) is 57.2 Å². The van der Waals surface area contributed by atoms with Gasteiger partial charge >= 0.3 is 0 Å². The number of hydrogen-bond acceptors (Lipinski definition) is 12. The summed E-state index contributed by atoms with van der Waals surface area (Å²) < 4.78 is 16.6. The smallest absolute Gasteiger partial charge is 0.220 e. The lowest BCUT2D eigenvalue weighted by atomic mass is 9.83. The van der Waals surface area contributed by atoms with E-state index in [-0.39, 0.29) is 29.6 Å². The highest BCUT2D eigenvalue weighted by Gasteiger charge is 2.49. The van der Waals surface area contributed by atoms with Crippen molar-refractivity contribution in [1.29, 1.82) is 0 Å². The molecule has 7 atom stereocenters. The maximum absolute atomic E-state index is 13.6. The molecule has 0 radical (unpaired) electrons. The van der Waals surface area contributed by atoms with Crippen LogP contribution in [0, 0.1) is 12.8 Å². The predicted octanol–water partition coefficient (Wildman–Crippen LogP) is 2.36. The summed E-state index contributed by atoms with van der Waals surface area (Å²) in [5.41, 5.74) is 0.414. The summed E-state index contributed by atoms with van der Waals surface area (Å²) in [6.45, 7) is 3.86. The Kier molecular flexibility index (Phi) is 10.4. The van der Waals surface area contributed by atoms with Crippen molar-refractivity contribution in [1.82, 2.24) is 24.4 Å². The molecule has 2 aliphatic heterocycles. The van der Waals surface area contributed by atoms with Gasteiger partial charge in [-0.25, -0.2) is 9.78 Å². The first kappa shape index (κ1) is 39.7. The number of hydrogen-bond donors (Lipinski definition) is 9. The lowest BCUT2D eigenvalue weighted by Gasteiger charge is -2.43. The van der Waals surface area contributed by atoms with Gasteiger partial charge < -0.3 is 64.2 Å². The fourth-order valence-corrected chi connectivity index (χ4v) is 8.61. The van der Waals surface area contributed by atoms with Crippen molar-refractivity contribution in [2.24, 2.45) is 5.92 Å². The zero-order valence-corrected chi connectivity index (χ0v) is 32.4. The van der Waals surface area contributed by atoms with E-state index < -0.39 is 55.4 Å². The fraction of sp³-hybridized carbons (Fsp3) is 0.463. The number of nitrogens with zero attached hydrogens (tertiary/aromatic N) is 2. The summed E-state index contributed by atoms with van der Waals surface area (Å²) in [6.07, 6.45) is 0.813. The molecule has 17 heteroatoms. The molecule has 58 heavy (non-hydrogen) atoms. The number of aromatic nitrogens is 4. The second-order valence-electron chi connectivity index (χ2n) is 15.9. The molecule has 2 aliphatic rings. The number of aromatic hydroxyl groups is 1. The molecule has 1 fully saturated rings. The Labute approximate surface area is 331 Å². The minimum Gasteiger partial charge on any atom is -0.494 e. The van der Waals surface area contributed by atoms with Gasteiger partial charge in [0.15, 0.2) is 22.6 Å². The number of carbonyl (C=O) groups excluding carboxylic acids is 1. The largest absolute Gasteiger partial charge is 0.494 e. The van der Waals surface area contributed by atoms with Gasteiger partial charge in [-0.2, -0.15) is 0 Å². The molecule has 17 nitrogen and oxygen atoms in total. The zero-order valence-electron chi connectivity index (χ0n) is 32.4. The lowest BCUT2D eigenvalue weighted by Crippen LogP contribution is -2.61. The molecule has 8 rings (SSSR count). The molecule has 7 heterocycles. The number of carbonyl (C=O) groups is 1. The Balaban J connectivity index is 1.14. The van der Waals surface area contributed by atoms with Crippen LogP contribution in [0.3, 0.4) is 0 Å². The predicted molar refractivity (Wildman–Crippen MR) is 210 cm³/mol. The maximum Gasteiger partial charge on any atom is 0.220 e. The van der Waals surface area contributed by atoms with Crippen molar-refractivity contribution in [3.63, 3.8) is 0 Å². The van der Waals surface area contributed by atoms with Crippen LogP contribution in [0.2, 0.25) is 0 Å². The van der Waals surface area contributed by atoms with E-state index in [2.05, 4.69) is 15.3 Å². The van der Waals surface area contributed by atoms with E-state index in [1.165, 1.54) is 16.7 Å². The van der Waals surface area contributed by atoms with Gasteiger partial charge in [0, 0.05) is 66.8 Å². The molecule has 1 saturated heterocycles. The van der Waals surface area contributed by atoms with Crippen LogP contribution in [0.15, 0.2) is 58.1 Å². The van der Waals surface area contributed by atoms with Crippen molar-refractivity contribution in [3.8, 4) is 17.3 Å². The number of aliphatic hydroxyl groups excluding tert-OH is 4. The molecule has 0 saturated carbocycles. The summed E-state index contributed by atoms with van der Waals surface area (Å²) in [6, 6.07) is 8.17. The molecular weight excluding hydrogens is 754 g/mol. The summed E-state index contributed by atoms with van der Waals surface area (Å²) in [5, 5.41) is 69.4. The quantitative estimate of drug-likeness (QED) is 0.0536. The second-order valence-corrected chi connectivity index (χ2v) is 15.9. The number of aromatic amines is 2. The lowest BCUT2D eigenvalue weighted by molar-refractivity contribution is -0.365. The Bertz CT molecular complexity index is 2530. The van der Waals surface area contributed by atoms with E-state index in [0.29, 0.717) is 77.0 Å². The Morgan fingerprint density at radius 3 is 2.59 bits per heavy atom. The number of benzene rings is 1. The SMILES string of the molecule is CCc1c2cc[nH]c2cn1-c1c2c(cc3c(=O)cc(C)oc13)C[C@@H](OOC[C@H](O)[C@](O)(Cn1c(O)cc3[nH]ccc31)[C@H](O)[C@H](O)CO)[C@@](C)(CC[C@H]1CNC(=O)C1)O2. The third-order valence-corrected chi connectivity index (χ3v) is 12.0. The molecule has 0 spiro atoms. The monoisotopic (exact) mass is 803 g/mol. The van der Waals surface area contributed by atoms with E-state index in [1.54, 1.807) is 25.3 Å². The molecule has 0 bridgehead atoms.